The summed E-state index contributed by atoms with van der Waals surface area (Å²) in [5, 5.41) is 16.5. The largest absolute Gasteiger partial charge is 0.480 e. The second kappa shape index (κ2) is 7.72. The van der Waals surface area contributed by atoms with E-state index in [9.17, 15) is 14.4 Å². The predicted octanol–water partition coefficient (Wildman–Crippen LogP) is 0.700. The molecule has 0 spiro atoms. The van der Waals surface area contributed by atoms with Crippen molar-refractivity contribution in [1.29, 1.82) is 0 Å². The quantitative estimate of drug-likeness (QED) is 0.576. The highest BCUT2D eigenvalue weighted by atomic mass is 16.4. The first-order valence-electron chi connectivity index (χ1n) is 6.67. The Bertz CT molecular complexity index is 363. The van der Waals surface area contributed by atoms with Crippen molar-refractivity contribution in [3.63, 3.8) is 0 Å². The molecule has 0 aromatic heterocycles. The Hall–Kier alpha value is -1.79. The second-order valence-electron chi connectivity index (χ2n) is 5.77. The number of carbonyl (C=O) groups excluding carboxylic acids is 2. The number of carboxylic acids is 1. The molecule has 0 rings (SSSR count). The van der Waals surface area contributed by atoms with Gasteiger partial charge in [-0.3, -0.25) is 4.79 Å². The Kier molecular flexibility index (Phi) is 7.02. The average molecular weight is 287 g/mol. The molecule has 0 bridgehead atoms. The van der Waals surface area contributed by atoms with Crippen LogP contribution in [0.15, 0.2) is 0 Å². The van der Waals surface area contributed by atoms with Gasteiger partial charge in [0.2, 0.25) is 5.91 Å². The number of nitrogens with one attached hydrogen (secondary N) is 3. The minimum atomic E-state index is -1.12. The number of amides is 3. The molecule has 2 atom stereocenters. The van der Waals surface area contributed by atoms with E-state index in [4.69, 9.17) is 5.11 Å². The van der Waals surface area contributed by atoms with Crippen LogP contribution >= 0.6 is 0 Å². The van der Waals surface area contributed by atoms with Gasteiger partial charge in [-0.2, -0.15) is 0 Å². The zero-order chi connectivity index (χ0) is 15.9. The van der Waals surface area contributed by atoms with Gasteiger partial charge in [-0.05, 0) is 18.8 Å². The smallest absolute Gasteiger partial charge is 0.326 e. The van der Waals surface area contributed by atoms with E-state index in [2.05, 4.69) is 16.0 Å². The van der Waals surface area contributed by atoms with Gasteiger partial charge in [0.1, 0.15) is 12.1 Å². The Morgan fingerprint density at radius 1 is 1.15 bits per heavy atom. The molecule has 116 valence electrons. The van der Waals surface area contributed by atoms with Gasteiger partial charge in [-0.1, -0.05) is 27.7 Å². The highest BCUT2D eigenvalue weighted by Crippen LogP contribution is 2.19. The summed E-state index contributed by atoms with van der Waals surface area (Å²) in [5.41, 5.74) is -0.628. The van der Waals surface area contributed by atoms with Crippen LogP contribution in [0.1, 0.15) is 41.0 Å². The van der Waals surface area contributed by atoms with Gasteiger partial charge in [0.25, 0.3) is 0 Å². The molecule has 0 aliphatic carbocycles. The lowest BCUT2D eigenvalue weighted by Crippen LogP contribution is -2.55. The van der Waals surface area contributed by atoms with Gasteiger partial charge in [0.05, 0.1) is 0 Å². The van der Waals surface area contributed by atoms with Crippen molar-refractivity contribution in [2.45, 2.75) is 53.1 Å². The molecule has 0 aliphatic heterocycles. The third-order valence-corrected chi connectivity index (χ3v) is 2.68. The van der Waals surface area contributed by atoms with Crippen LogP contribution in [0.25, 0.3) is 0 Å². The monoisotopic (exact) mass is 287 g/mol. The fourth-order valence-electron chi connectivity index (χ4n) is 1.48. The number of hydrogen-bond acceptors (Lipinski definition) is 3. The zero-order valence-corrected chi connectivity index (χ0v) is 12.7. The van der Waals surface area contributed by atoms with Gasteiger partial charge in [0.15, 0.2) is 0 Å². The van der Waals surface area contributed by atoms with Crippen LogP contribution in [0.5, 0.6) is 0 Å². The SMILES string of the molecule is CCCNC(=O)C(C)NC(=O)N[C@@H](C(=O)O)C(C)(C)C. The number of carbonyl (C=O) groups is 3. The standard InChI is InChI=1S/C13H25N3O4/c1-6-7-14-10(17)8(2)15-12(20)16-9(11(18)19)13(3,4)5/h8-9H,6-7H2,1-5H3,(H,14,17)(H,18,19)(H2,15,16,20)/t8?,9-/m0/s1. The van der Waals surface area contributed by atoms with Gasteiger partial charge in [0, 0.05) is 6.54 Å². The van der Waals surface area contributed by atoms with Crippen LogP contribution in [-0.2, 0) is 9.59 Å². The number of urea groups is 1. The Morgan fingerprint density at radius 3 is 2.10 bits per heavy atom. The van der Waals surface area contributed by atoms with Crippen LogP contribution < -0.4 is 16.0 Å². The summed E-state index contributed by atoms with van der Waals surface area (Å²) in [6.07, 6.45) is 0.801. The van der Waals surface area contributed by atoms with Gasteiger partial charge < -0.3 is 21.1 Å². The number of aliphatic carboxylic acids is 1. The van der Waals surface area contributed by atoms with E-state index >= 15 is 0 Å². The first kappa shape index (κ1) is 18.2. The lowest BCUT2D eigenvalue weighted by Gasteiger charge is -2.28. The van der Waals surface area contributed by atoms with Crippen molar-refractivity contribution in [2.24, 2.45) is 5.41 Å². The van der Waals surface area contributed by atoms with Gasteiger partial charge >= 0.3 is 12.0 Å². The van der Waals surface area contributed by atoms with E-state index in [1.54, 1.807) is 20.8 Å². The van der Waals surface area contributed by atoms with E-state index in [1.807, 2.05) is 6.92 Å². The summed E-state index contributed by atoms with van der Waals surface area (Å²) in [6.45, 7) is 9.13. The zero-order valence-electron chi connectivity index (χ0n) is 12.7. The topological polar surface area (TPSA) is 108 Å². The molecule has 0 saturated heterocycles. The van der Waals surface area contributed by atoms with Crippen molar-refractivity contribution in [3.8, 4) is 0 Å². The molecule has 0 saturated carbocycles. The molecule has 20 heavy (non-hydrogen) atoms. The van der Waals surface area contributed by atoms with E-state index in [-0.39, 0.29) is 5.91 Å². The lowest BCUT2D eigenvalue weighted by molar-refractivity contribution is -0.141. The summed E-state index contributed by atoms with van der Waals surface area (Å²) < 4.78 is 0. The molecule has 1 unspecified atom stereocenters. The van der Waals surface area contributed by atoms with Gasteiger partial charge in [-0.15, -0.1) is 0 Å². The maximum Gasteiger partial charge on any atom is 0.326 e. The molecular weight excluding hydrogens is 262 g/mol. The van der Waals surface area contributed by atoms with Crippen molar-refractivity contribution in [1.82, 2.24) is 16.0 Å². The molecule has 0 heterocycles. The van der Waals surface area contributed by atoms with Crippen LogP contribution in [0.4, 0.5) is 4.79 Å². The summed E-state index contributed by atoms with van der Waals surface area (Å²) in [4.78, 5) is 34.4. The minimum absolute atomic E-state index is 0.301. The molecule has 0 aromatic carbocycles. The number of carboxylic acid groups (broad SMARTS) is 1. The molecule has 0 radical (unpaired) electrons. The van der Waals surface area contributed by atoms with Crippen molar-refractivity contribution in [3.05, 3.63) is 0 Å². The van der Waals surface area contributed by atoms with E-state index in [0.717, 1.165) is 6.42 Å². The highest BCUT2D eigenvalue weighted by molar-refractivity contribution is 5.88. The van der Waals surface area contributed by atoms with Crippen molar-refractivity contribution in [2.75, 3.05) is 6.54 Å². The molecule has 0 aliphatic rings. The van der Waals surface area contributed by atoms with E-state index in [0.29, 0.717) is 6.54 Å². The van der Waals surface area contributed by atoms with Crippen LogP contribution in [0.3, 0.4) is 0 Å². The summed E-state index contributed by atoms with van der Waals surface area (Å²) in [5.74, 6) is -1.42. The van der Waals surface area contributed by atoms with Crippen LogP contribution in [0, 0.1) is 5.41 Å². The lowest BCUT2D eigenvalue weighted by atomic mass is 9.87. The molecule has 0 fully saturated rings. The van der Waals surface area contributed by atoms with E-state index < -0.39 is 29.5 Å². The van der Waals surface area contributed by atoms with Crippen LogP contribution in [0.2, 0.25) is 0 Å². The first-order valence-corrected chi connectivity index (χ1v) is 6.67. The molecule has 7 nitrogen and oxygen atoms in total. The number of hydrogen-bond donors (Lipinski definition) is 4. The number of rotatable bonds is 6. The maximum absolute atomic E-state index is 11.7. The normalized spacial score (nSPS) is 14.1. The molecular formula is C13H25N3O4. The first-order chi connectivity index (χ1) is 9.09. The fraction of sp³-hybridized carbons (Fsp3) is 0.769. The third-order valence-electron chi connectivity index (χ3n) is 2.68. The minimum Gasteiger partial charge on any atom is -0.480 e. The summed E-state index contributed by atoms with van der Waals surface area (Å²) >= 11 is 0. The van der Waals surface area contributed by atoms with Gasteiger partial charge in [-0.25, -0.2) is 9.59 Å². The van der Waals surface area contributed by atoms with Crippen LogP contribution in [-0.4, -0.2) is 41.6 Å². The van der Waals surface area contributed by atoms with Crippen molar-refractivity contribution >= 4 is 17.9 Å². The Balaban J connectivity index is 4.47. The predicted molar refractivity (Wildman–Crippen MR) is 75.3 cm³/mol. The molecule has 3 amide bonds. The Labute approximate surface area is 119 Å². The van der Waals surface area contributed by atoms with E-state index in [1.165, 1.54) is 6.92 Å². The maximum atomic E-state index is 11.7. The molecule has 4 N–H and O–H groups in total. The van der Waals surface area contributed by atoms with Crippen molar-refractivity contribution < 1.29 is 19.5 Å². The highest BCUT2D eigenvalue weighted by Gasteiger charge is 2.33. The average Bonchev–Trinajstić information content (AvgIpc) is 2.30. The molecule has 7 heteroatoms. The third kappa shape index (κ3) is 6.40. The molecule has 0 aromatic rings. The fourth-order valence-corrected chi connectivity index (χ4v) is 1.48. The Morgan fingerprint density at radius 2 is 1.70 bits per heavy atom. The summed E-state index contributed by atoms with van der Waals surface area (Å²) in [6, 6.07) is -2.43. The second-order valence-corrected chi connectivity index (χ2v) is 5.77. The summed E-state index contributed by atoms with van der Waals surface area (Å²) in [7, 11) is 0.